The lowest BCUT2D eigenvalue weighted by Gasteiger charge is -2.28. The quantitative estimate of drug-likeness (QED) is 0.700. The Labute approximate surface area is 84.1 Å². The summed E-state index contributed by atoms with van der Waals surface area (Å²) in [5.74, 6) is -0.170. The molecule has 78 valence electrons. The van der Waals surface area contributed by atoms with Crippen molar-refractivity contribution in [3.8, 4) is 6.07 Å². The summed E-state index contributed by atoms with van der Waals surface area (Å²) >= 11 is 0. The second-order valence-corrected chi connectivity index (χ2v) is 4.21. The summed E-state index contributed by atoms with van der Waals surface area (Å²) in [7, 11) is 0. The summed E-state index contributed by atoms with van der Waals surface area (Å²) in [6.07, 6.45) is 1.75. The van der Waals surface area contributed by atoms with Gasteiger partial charge >= 0.3 is 0 Å². The second kappa shape index (κ2) is 3.97. The molecule has 14 heavy (non-hydrogen) atoms. The van der Waals surface area contributed by atoms with Crippen molar-refractivity contribution in [2.75, 3.05) is 13.2 Å². The van der Waals surface area contributed by atoms with Gasteiger partial charge in [-0.2, -0.15) is 5.26 Å². The van der Waals surface area contributed by atoms with Gasteiger partial charge in [-0.05, 0) is 26.7 Å². The minimum Gasteiger partial charge on any atom is -0.394 e. The van der Waals surface area contributed by atoms with Crippen molar-refractivity contribution in [2.24, 2.45) is 5.41 Å². The molecule has 0 radical (unpaired) electrons. The van der Waals surface area contributed by atoms with Gasteiger partial charge in [0.1, 0.15) is 5.41 Å². The molecule has 0 bridgehead atoms. The van der Waals surface area contributed by atoms with E-state index in [1.165, 1.54) is 0 Å². The first kappa shape index (κ1) is 11.0. The van der Waals surface area contributed by atoms with Crippen LogP contribution in [0.1, 0.15) is 26.7 Å². The Bertz CT molecular complexity index is 268. The van der Waals surface area contributed by atoms with Crippen LogP contribution < -0.4 is 0 Å². The van der Waals surface area contributed by atoms with Crippen molar-refractivity contribution in [3.05, 3.63) is 0 Å². The molecule has 0 unspecified atom stereocenters. The zero-order chi connectivity index (χ0) is 10.8. The number of hydrogen-bond acceptors (Lipinski definition) is 3. The van der Waals surface area contributed by atoms with Crippen molar-refractivity contribution in [1.29, 1.82) is 5.26 Å². The van der Waals surface area contributed by atoms with E-state index in [4.69, 9.17) is 10.4 Å². The molecule has 1 amide bonds. The third kappa shape index (κ3) is 1.88. The molecule has 4 heteroatoms. The summed E-state index contributed by atoms with van der Waals surface area (Å²) in [6, 6.07) is 1.90. The van der Waals surface area contributed by atoms with Crippen molar-refractivity contribution >= 4 is 5.91 Å². The number of nitriles is 1. The Morgan fingerprint density at radius 2 is 2.36 bits per heavy atom. The third-order valence-electron chi connectivity index (χ3n) is 2.66. The molecule has 1 fully saturated rings. The Morgan fingerprint density at radius 3 is 2.86 bits per heavy atom. The van der Waals surface area contributed by atoms with Gasteiger partial charge < -0.3 is 10.0 Å². The average Bonchev–Trinajstić information content (AvgIpc) is 2.64. The molecule has 0 aromatic carbocycles. The van der Waals surface area contributed by atoms with Crippen LogP contribution in [-0.4, -0.2) is 35.1 Å². The van der Waals surface area contributed by atoms with Gasteiger partial charge in [-0.1, -0.05) is 0 Å². The molecular formula is C10H16N2O2. The summed E-state index contributed by atoms with van der Waals surface area (Å²) in [6.45, 7) is 3.88. The fraction of sp³-hybridized carbons (Fsp3) is 0.800. The highest BCUT2D eigenvalue weighted by Crippen LogP contribution is 2.24. The van der Waals surface area contributed by atoms with E-state index in [9.17, 15) is 4.79 Å². The highest BCUT2D eigenvalue weighted by molar-refractivity contribution is 5.85. The standard InChI is InChI=1S/C10H16N2O2/c1-10(2,7-11)9(14)12-5-3-4-8(12)6-13/h8,13H,3-6H2,1-2H3/t8-/m0/s1. The lowest BCUT2D eigenvalue weighted by atomic mass is 9.93. The number of likely N-dealkylation sites (tertiary alicyclic amines) is 1. The maximum atomic E-state index is 11.9. The molecule has 1 aliphatic rings. The molecule has 1 saturated heterocycles. The zero-order valence-corrected chi connectivity index (χ0v) is 8.66. The van der Waals surface area contributed by atoms with E-state index in [1.807, 2.05) is 6.07 Å². The summed E-state index contributed by atoms with van der Waals surface area (Å²) in [5, 5.41) is 17.9. The number of nitrogens with zero attached hydrogens (tertiary/aromatic N) is 2. The van der Waals surface area contributed by atoms with Crippen LogP contribution in [0, 0.1) is 16.7 Å². The Balaban J connectivity index is 2.75. The van der Waals surface area contributed by atoms with E-state index >= 15 is 0 Å². The number of carbonyl (C=O) groups excluding carboxylic acids is 1. The molecule has 1 heterocycles. The van der Waals surface area contributed by atoms with Crippen molar-refractivity contribution in [1.82, 2.24) is 4.90 Å². The van der Waals surface area contributed by atoms with Gasteiger partial charge in [-0.15, -0.1) is 0 Å². The SMILES string of the molecule is CC(C)(C#N)C(=O)N1CCC[C@H]1CO. The van der Waals surface area contributed by atoms with Crippen LogP contribution in [0.4, 0.5) is 0 Å². The fourth-order valence-corrected chi connectivity index (χ4v) is 1.70. The smallest absolute Gasteiger partial charge is 0.242 e. The second-order valence-electron chi connectivity index (χ2n) is 4.21. The summed E-state index contributed by atoms with van der Waals surface area (Å²) in [5.41, 5.74) is -0.974. The van der Waals surface area contributed by atoms with Gasteiger partial charge in [0.2, 0.25) is 5.91 Å². The topological polar surface area (TPSA) is 64.3 Å². The van der Waals surface area contributed by atoms with Crippen LogP contribution in [0.3, 0.4) is 0 Å². The molecule has 0 aromatic rings. The van der Waals surface area contributed by atoms with E-state index < -0.39 is 5.41 Å². The average molecular weight is 196 g/mol. The minimum absolute atomic E-state index is 0.00670. The van der Waals surface area contributed by atoms with Crippen LogP contribution in [0.5, 0.6) is 0 Å². The van der Waals surface area contributed by atoms with Crippen LogP contribution in [0.2, 0.25) is 0 Å². The maximum Gasteiger partial charge on any atom is 0.242 e. The molecule has 1 atom stereocenters. The molecular weight excluding hydrogens is 180 g/mol. The van der Waals surface area contributed by atoms with Crippen LogP contribution in [-0.2, 0) is 4.79 Å². The molecule has 4 nitrogen and oxygen atoms in total. The normalized spacial score (nSPS) is 22.1. The summed E-state index contributed by atoms with van der Waals surface area (Å²) < 4.78 is 0. The number of rotatable bonds is 2. The molecule has 0 saturated carbocycles. The van der Waals surface area contributed by atoms with E-state index in [0.29, 0.717) is 6.54 Å². The van der Waals surface area contributed by atoms with Crippen molar-refractivity contribution in [3.63, 3.8) is 0 Å². The first-order valence-electron chi connectivity index (χ1n) is 4.86. The largest absolute Gasteiger partial charge is 0.394 e. The van der Waals surface area contributed by atoms with E-state index in [0.717, 1.165) is 12.8 Å². The highest BCUT2D eigenvalue weighted by Gasteiger charge is 2.37. The summed E-state index contributed by atoms with van der Waals surface area (Å²) in [4.78, 5) is 13.5. The van der Waals surface area contributed by atoms with Crippen molar-refractivity contribution in [2.45, 2.75) is 32.7 Å². The Morgan fingerprint density at radius 1 is 1.71 bits per heavy atom. The van der Waals surface area contributed by atoms with Gasteiger partial charge in [0, 0.05) is 6.54 Å². The maximum absolute atomic E-state index is 11.9. The molecule has 1 N–H and O–H groups in total. The Kier molecular flexibility index (Phi) is 3.12. The lowest BCUT2D eigenvalue weighted by Crippen LogP contribution is -2.44. The zero-order valence-electron chi connectivity index (χ0n) is 8.66. The Hall–Kier alpha value is -1.08. The van der Waals surface area contributed by atoms with Crippen LogP contribution in [0.15, 0.2) is 0 Å². The predicted octanol–water partition coefficient (Wildman–Crippen LogP) is 0.519. The van der Waals surface area contributed by atoms with E-state index in [2.05, 4.69) is 0 Å². The molecule has 0 aliphatic carbocycles. The molecule has 0 spiro atoms. The van der Waals surface area contributed by atoms with Gasteiger partial charge in [-0.3, -0.25) is 4.79 Å². The molecule has 0 aromatic heterocycles. The molecule has 1 aliphatic heterocycles. The van der Waals surface area contributed by atoms with Crippen LogP contribution in [0.25, 0.3) is 0 Å². The lowest BCUT2D eigenvalue weighted by molar-refractivity contribution is -0.139. The highest BCUT2D eigenvalue weighted by atomic mass is 16.3. The monoisotopic (exact) mass is 196 g/mol. The van der Waals surface area contributed by atoms with E-state index in [1.54, 1.807) is 18.7 Å². The molecule has 1 rings (SSSR count). The number of carbonyl (C=O) groups is 1. The van der Waals surface area contributed by atoms with Gasteiger partial charge in [0.25, 0.3) is 0 Å². The first-order valence-corrected chi connectivity index (χ1v) is 4.86. The first-order chi connectivity index (χ1) is 6.53. The van der Waals surface area contributed by atoms with Gasteiger partial charge in [-0.25, -0.2) is 0 Å². The number of aliphatic hydroxyl groups excluding tert-OH is 1. The minimum atomic E-state index is -0.974. The number of hydrogen-bond donors (Lipinski definition) is 1. The third-order valence-corrected chi connectivity index (χ3v) is 2.66. The van der Waals surface area contributed by atoms with Gasteiger partial charge in [0.05, 0.1) is 18.7 Å². The number of amides is 1. The van der Waals surface area contributed by atoms with Gasteiger partial charge in [0.15, 0.2) is 0 Å². The van der Waals surface area contributed by atoms with E-state index in [-0.39, 0.29) is 18.6 Å². The number of aliphatic hydroxyl groups is 1. The van der Waals surface area contributed by atoms with Crippen molar-refractivity contribution < 1.29 is 9.90 Å². The van der Waals surface area contributed by atoms with Crippen LogP contribution >= 0.6 is 0 Å². The predicted molar refractivity (Wildman–Crippen MR) is 51.2 cm³/mol. The fourth-order valence-electron chi connectivity index (χ4n) is 1.70.